The molecule has 0 saturated heterocycles. The van der Waals surface area contributed by atoms with E-state index in [4.69, 9.17) is 0 Å². The number of rotatable bonds is 8. The summed E-state index contributed by atoms with van der Waals surface area (Å²) in [7, 11) is 2.22. The number of nitrogens with one attached hydrogen (secondary N) is 1. The van der Waals surface area contributed by atoms with Crippen LogP contribution in [-0.4, -0.2) is 31.6 Å². The molecular weight excluding hydrogens is 228 g/mol. The molecule has 98 valence electrons. The Morgan fingerprint density at radius 1 is 1.35 bits per heavy atom. The molecule has 1 aromatic rings. The molecule has 0 spiro atoms. The van der Waals surface area contributed by atoms with E-state index in [2.05, 4.69) is 55.5 Å². The summed E-state index contributed by atoms with van der Waals surface area (Å²) in [5, 5.41) is 5.65. The van der Waals surface area contributed by atoms with Crippen molar-refractivity contribution in [3.8, 4) is 0 Å². The molecular formula is C14H26N2S. The first-order valence-corrected chi connectivity index (χ1v) is 7.43. The molecule has 0 radical (unpaired) electrons. The third-order valence-corrected chi connectivity index (χ3v) is 4.08. The first kappa shape index (κ1) is 14.7. The molecule has 0 saturated carbocycles. The molecule has 0 aromatic carbocycles. The zero-order valence-electron chi connectivity index (χ0n) is 11.6. The molecule has 1 heterocycles. The smallest absolute Gasteiger partial charge is 0.0410 e. The van der Waals surface area contributed by atoms with Crippen molar-refractivity contribution < 1.29 is 0 Å². The van der Waals surface area contributed by atoms with E-state index in [-0.39, 0.29) is 0 Å². The van der Waals surface area contributed by atoms with Gasteiger partial charge in [0, 0.05) is 10.9 Å². The molecule has 17 heavy (non-hydrogen) atoms. The molecule has 0 bridgehead atoms. The summed E-state index contributed by atoms with van der Waals surface area (Å²) >= 11 is 1.85. The monoisotopic (exact) mass is 254 g/mol. The SMILES string of the molecule is CC(C)CNCCCN(C)C(C)c1cccs1. The van der Waals surface area contributed by atoms with Crippen LogP contribution in [0.3, 0.4) is 0 Å². The fourth-order valence-corrected chi connectivity index (χ4v) is 2.63. The number of nitrogens with zero attached hydrogens (tertiary/aromatic N) is 1. The van der Waals surface area contributed by atoms with Gasteiger partial charge < -0.3 is 5.32 Å². The van der Waals surface area contributed by atoms with Gasteiger partial charge in [0.1, 0.15) is 0 Å². The van der Waals surface area contributed by atoms with Crippen molar-refractivity contribution in [1.29, 1.82) is 0 Å². The lowest BCUT2D eigenvalue weighted by Gasteiger charge is -2.23. The first-order valence-electron chi connectivity index (χ1n) is 6.55. The van der Waals surface area contributed by atoms with Gasteiger partial charge in [-0.2, -0.15) is 0 Å². The highest BCUT2D eigenvalue weighted by molar-refractivity contribution is 7.10. The van der Waals surface area contributed by atoms with Crippen LogP contribution in [0.25, 0.3) is 0 Å². The molecule has 1 N–H and O–H groups in total. The molecule has 2 nitrogen and oxygen atoms in total. The van der Waals surface area contributed by atoms with Crippen molar-refractivity contribution in [3.63, 3.8) is 0 Å². The summed E-state index contributed by atoms with van der Waals surface area (Å²) in [5.74, 6) is 0.748. The second kappa shape index (κ2) is 7.85. The summed E-state index contributed by atoms with van der Waals surface area (Å²) < 4.78 is 0. The van der Waals surface area contributed by atoms with E-state index in [1.807, 2.05) is 11.3 Å². The highest BCUT2D eigenvalue weighted by atomic mass is 32.1. The molecule has 0 aliphatic carbocycles. The minimum absolute atomic E-state index is 0.542. The molecule has 3 heteroatoms. The van der Waals surface area contributed by atoms with Gasteiger partial charge in [-0.1, -0.05) is 19.9 Å². The Balaban J connectivity index is 2.14. The van der Waals surface area contributed by atoms with Gasteiger partial charge in [0.15, 0.2) is 0 Å². The van der Waals surface area contributed by atoms with E-state index < -0.39 is 0 Å². The van der Waals surface area contributed by atoms with Crippen LogP contribution in [0.1, 0.15) is 38.1 Å². The van der Waals surface area contributed by atoms with Gasteiger partial charge in [0.2, 0.25) is 0 Å². The minimum Gasteiger partial charge on any atom is -0.316 e. The maximum atomic E-state index is 3.49. The number of hydrogen-bond donors (Lipinski definition) is 1. The highest BCUT2D eigenvalue weighted by Gasteiger charge is 2.11. The van der Waals surface area contributed by atoms with Crippen LogP contribution in [0.5, 0.6) is 0 Å². The van der Waals surface area contributed by atoms with Crippen molar-refractivity contribution in [2.75, 3.05) is 26.7 Å². The van der Waals surface area contributed by atoms with E-state index in [0.717, 1.165) is 25.6 Å². The summed E-state index contributed by atoms with van der Waals surface area (Å²) in [6.07, 6.45) is 1.22. The summed E-state index contributed by atoms with van der Waals surface area (Å²) in [4.78, 5) is 3.89. The zero-order valence-corrected chi connectivity index (χ0v) is 12.4. The predicted octanol–water partition coefficient (Wildman–Crippen LogP) is 3.38. The number of hydrogen-bond acceptors (Lipinski definition) is 3. The van der Waals surface area contributed by atoms with E-state index in [1.54, 1.807) is 0 Å². The second-order valence-electron chi connectivity index (χ2n) is 5.12. The normalized spacial score (nSPS) is 13.5. The standard InChI is InChI=1S/C14H26N2S/c1-12(2)11-15-8-6-9-16(4)13(3)14-7-5-10-17-14/h5,7,10,12-13,15H,6,8-9,11H2,1-4H3. The van der Waals surface area contributed by atoms with Gasteiger partial charge in [-0.3, -0.25) is 4.90 Å². The average molecular weight is 254 g/mol. The molecule has 0 aliphatic heterocycles. The third kappa shape index (κ3) is 5.66. The Hall–Kier alpha value is -0.380. The molecule has 1 rings (SSSR count). The third-order valence-electron chi connectivity index (χ3n) is 3.03. The minimum atomic E-state index is 0.542. The second-order valence-corrected chi connectivity index (χ2v) is 6.10. The maximum absolute atomic E-state index is 3.49. The van der Waals surface area contributed by atoms with Gasteiger partial charge in [-0.15, -0.1) is 11.3 Å². The molecule has 0 fully saturated rings. The van der Waals surface area contributed by atoms with Crippen LogP contribution in [0.15, 0.2) is 17.5 Å². The van der Waals surface area contributed by atoms with Gasteiger partial charge >= 0.3 is 0 Å². The highest BCUT2D eigenvalue weighted by Crippen LogP contribution is 2.23. The van der Waals surface area contributed by atoms with Gasteiger partial charge in [0.25, 0.3) is 0 Å². The van der Waals surface area contributed by atoms with Crippen molar-refractivity contribution in [2.45, 2.75) is 33.2 Å². The van der Waals surface area contributed by atoms with Crippen molar-refractivity contribution >= 4 is 11.3 Å². The fourth-order valence-electron chi connectivity index (χ4n) is 1.78. The van der Waals surface area contributed by atoms with Gasteiger partial charge in [-0.05, 0) is 57.4 Å². The fraction of sp³-hybridized carbons (Fsp3) is 0.714. The van der Waals surface area contributed by atoms with Crippen LogP contribution in [0.2, 0.25) is 0 Å². The molecule has 0 aliphatic rings. The lowest BCUT2D eigenvalue weighted by molar-refractivity contribution is 0.260. The number of thiophene rings is 1. The van der Waals surface area contributed by atoms with E-state index in [9.17, 15) is 0 Å². The zero-order chi connectivity index (χ0) is 12.7. The van der Waals surface area contributed by atoms with Gasteiger partial charge in [0.05, 0.1) is 0 Å². The van der Waals surface area contributed by atoms with Crippen molar-refractivity contribution in [3.05, 3.63) is 22.4 Å². The largest absolute Gasteiger partial charge is 0.316 e. The average Bonchev–Trinajstić information content (AvgIpc) is 2.80. The molecule has 1 aromatic heterocycles. The van der Waals surface area contributed by atoms with Crippen LogP contribution < -0.4 is 5.32 Å². The van der Waals surface area contributed by atoms with Crippen molar-refractivity contribution in [1.82, 2.24) is 10.2 Å². The first-order chi connectivity index (χ1) is 8.11. The predicted molar refractivity (Wildman–Crippen MR) is 77.7 cm³/mol. The molecule has 1 atom stereocenters. The van der Waals surface area contributed by atoms with E-state index in [0.29, 0.717) is 6.04 Å². The topological polar surface area (TPSA) is 15.3 Å². The summed E-state index contributed by atoms with van der Waals surface area (Å²) in [6.45, 7) is 10.2. The Bertz CT molecular complexity index is 282. The molecule has 0 amide bonds. The Kier molecular flexibility index (Phi) is 6.78. The van der Waals surface area contributed by atoms with Crippen molar-refractivity contribution in [2.24, 2.45) is 5.92 Å². The summed E-state index contributed by atoms with van der Waals surface area (Å²) in [5.41, 5.74) is 0. The van der Waals surface area contributed by atoms with E-state index >= 15 is 0 Å². The maximum Gasteiger partial charge on any atom is 0.0410 e. The Morgan fingerprint density at radius 3 is 2.71 bits per heavy atom. The lowest BCUT2D eigenvalue weighted by atomic mass is 10.2. The summed E-state index contributed by atoms with van der Waals surface area (Å²) in [6, 6.07) is 4.90. The lowest BCUT2D eigenvalue weighted by Crippen LogP contribution is -2.27. The van der Waals surface area contributed by atoms with Gasteiger partial charge in [-0.25, -0.2) is 0 Å². The molecule has 1 unspecified atom stereocenters. The quantitative estimate of drug-likeness (QED) is 0.716. The van der Waals surface area contributed by atoms with Crippen LogP contribution in [0, 0.1) is 5.92 Å². The van der Waals surface area contributed by atoms with E-state index in [1.165, 1.54) is 11.3 Å². The van der Waals surface area contributed by atoms with Crippen LogP contribution in [-0.2, 0) is 0 Å². The van der Waals surface area contributed by atoms with Crippen LogP contribution in [0.4, 0.5) is 0 Å². The Labute approximate surface area is 110 Å². The van der Waals surface area contributed by atoms with Crippen LogP contribution >= 0.6 is 11.3 Å². The Morgan fingerprint density at radius 2 is 2.12 bits per heavy atom.